The van der Waals surface area contributed by atoms with Crippen LogP contribution in [-0.4, -0.2) is 18.6 Å². The first-order valence-electron chi connectivity index (χ1n) is 5.61. The van der Waals surface area contributed by atoms with Crippen molar-refractivity contribution < 1.29 is 14.3 Å². The number of benzene rings is 1. The third-order valence-electron chi connectivity index (χ3n) is 3.33. The van der Waals surface area contributed by atoms with Crippen molar-refractivity contribution >= 4 is 12.0 Å². The number of ether oxygens (including phenoxy) is 1. The molecule has 0 bridgehead atoms. The van der Waals surface area contributed by atoms with Crippen molar-refractivity contribution in [2.75, 3.05) is 6.61 Å². The van der Waals surface area contributed by atoms with E-state index in [0.29, 0.717) is 0 Å². The summed E-state index contributed by atoms with van der Waals surface area (Å²) in [6.07, 6.45) is -0.665. The molecule has 0 aliphatic carbocycles. The highest BCUT2D eigenvalue weighted by molar-refractivity contribution is 6.00. The highest BCUT2D eigenvalue weighted by Gasteiger charge is 2.48. The van der Waals surface area contributed by atoms with E-state index in [1.165, 1.54) is 0 Å². The van der Waals surface area contributed by atoms with E-state index in [1.54, 1.807) is 0 Å². The summed E-state index contributed by atoms with van der Waals surface area (Å²) < 4.78 is 5.01. The lowest BCUT2D eigenvalue weighted by atomic mass is 9.71. The van der Waals surface area contributed by atoms with Crippen molar-refractivity contribution in [2.24, 2.45) is 5.92 Å². The van der Waals surface area contributed by atoms with Gasteiger partial charge in [-0.2, -0.15) is 0 Å². The van der Waals surface area contributed by atoms with Gasteiger partial charge in [-0.05, 0) is 11.5 Å². The molecular weight excluding hydrogens is 218 g/mol. The molecule has 0 spiro atoms. The molecule has 1 aromatic rings. The monoisotopic (exact) mass is 233 g/mol. The summed E-state index contributed by atoms with van der Waals surface area (Å²) in [5.74, 6) is -0.243. The van der Waals surface area contributed by atoms with E-state index in [9.17, 15) is 9.59 Å². The lowest BCUT2D eigenvalue weighted by molar-refractivity contribution is -0.132. The average Bonchev–Trinajstić information content (AvgIpc) is 2.30. The molecule has 1 atom stereocenters. The SMILES string of the molecule is CC(C)C1(c2ccccc2)COC(=O)NC1=O. The zero-order chi connectivity index (χ0) is 12.5. The molecule has 1 aromatic carbocycles. The standard InChI is InChI=1S/C13H15NO3/c1-9(2)13(10-6-4-3-5-7-10)8-17-12(16)14-11(13)15/h3-7,9H,8H2,1-2H3,(H,14,15,16). The van der Waals surface area contributed by atoms with Gasteiger partial charge in [-0.15, -0.1) is 0 Å². The second-order valence-electron chi connectivity index (χ2n) is 4.52. The normalized spacial score (nSPS) is 24.4. The lowest BCUT2D eigenvalue weighted by Crippen LogP contribution is -2.57. The molecule has 0 aromatic heterocycles. The zero-order valence-corrected chi connectivity index (χ0v) is 9.90. The van der Waals surface area contributed by atoms with Gasteiger partial charge in [-0.3, -0.25) is 10.1 Å². The first-order valence-corrected chi connectivity index (χ1v) is 5.61. The van der Waals surface area contributed by atoms with E-state index in [2.05, 4.69) is 5.32 Å². The van der Waals surface area contributed by atoms with Crippen LogP contribution in [0.1, 0.15) is 19.4 Å². The van der Waals surface area contributed by atoms with E-state index >= 15 is 0 Å². The molecule has 1 N–H and O–H groups in total. The first kappa shape index (κ1) is 11.6. The molecule has 90 valence electrons. The molecule has 1 saturated heterocycles. The molecule has 1 heterocycles. The Morgan fingerprint density at radius 1 is 1.24 bits per heavy atom. The van der Waals surface area contributed by atoms with Crippen molar-refractivity contribution in [1.82, 2.24) is 5.32 Å². The van der Waals surface area contributed by atoms with Gasteiger partial charge >= 0.3 is 6.09 Å². The zero-order valence-electron chi connectivity index (χ0n) is 9.90. The number of carbonyl (C=O) groups excluding carboxylic acids is 2. The number of imide groups is 1. The maximum atomic E-state index is 12.2. The van der Waals surface area contributed by atoms with E-state index in [0.717, 1.165) is 5.56 Å². The number of nitrogens with one attached hydrogen (secondary N) is 1. The van der Waals surface area contributed by atoms with Crippen LogP contribution >= 0.6 is 0 Å². The fourth-order valence-corrected chi connectivity index (χ4v) is 2.20. The van der Waals surface area contributed by atoms with Gasteiger partial charge in [0.1, 0.15) is 12.0 Å². The largest absolute Gasteiger partial charge is 0.448 e. The van der Waals surface area contributed by atoms with Crippen LogP contribution in [0.5, 0.6) is 0 Å². The molecule has 17 heavy (non-hydrogen) atoms. The second-order valence-corrected chi connectivity index (χ2v) is 4.52. The minimum atomic E-state index is -0.783. The van der Waals surface area contributed by atoms with Crippen LogP contribution in [-0.2, 0) is 14.9 Å². The minimum absolute atomic E-state index is 0.0398. The van der Waals surface area contributed by atoms with Gasteiger partial charge in [0.25, 0.3) is 0 Å². The Morgan fingerprint density at radius 2 is 1.88 bits per heavy atom. The van der Waals surface area contributed by atoms with Crippen LogP contribution in [0, 0.1) is 5.92 Å². The molecule has 1 unspecified atom stereocenters. The van der Waals surface area contributed by atoms with Gasteiger partial charge in [-0.1, -0.05) is 44.2 Å². The quantitative estimate of drug-likeness (QED) is 0.848. The molecule has 4 heteroatoms. The highest BCUT2D eigenvalue weighted by Crippen LogP contribution is 2.34. The average molecular weight is 233 g/mol. The molecular formula is C13H15NO3. The van der Waals surface area contributed by atoms with Crippen molar-refractivity contribution in [3.8, 4) is 0 Å². The van der Waals surface area contributed by atoms with Crippen LogP contribution in [0.4, 0.5) is 4.79 Å². The molecule has 0 radical (unpaired) electrons. The Bertz CT molecular complexity index is 441. The molecule has 0 saturated carbocycles. The molecule has 1 aliphatic rings. The van der Waals surface area contributed by atoms with Gasteiger partial charge in [-0.25, -0.2) is 4.79 Å². The molecule has 2 amide bonds. The Hall–Kier alpha value is -1.84. The number of hydrogen-bond donors (Lipinski definition) is 1. The van der Waals surface area contributed by atoms with Crippen LogP contribution in [0.25, 0.3) is 0 Å². The predicted molar refractivity (Wildman–Crippen MR) is 62.4 cm³/mol. The summed E-state index contributed by atoms with van der Waals surface area (Å²) in [5, 5.41) is 2.25. The Balaban J connectivity index is 2.47. The molecule has 2 rings (SSSR count). The van der Waals surface area contributed by atoms with Crippen LogP contribution in [0.15, 0.2) is 30.3 Å². The second kappa shape index (κ2) is 4.20. The number of amides is 2. The van der Waals surface area contributed by atoms with Crippen LogP contribution in [0.2, 0.25) is 0 Å². The number of hydrogen-bond acceptors (Lipinski definition) is 3. The van der Waals surface area contributed by atoms with Gasteiger partial charge in [0, 0.05) is 0 Å². The van der Waals surface area contributed by atoms with Crippen LogP contribution < -0.4 is 5.32 Å². The highest BCUT2D eigenvalue weighted by atomic mass is 16.6. The number of alkyl carbamates (subject to hydrolysis) is 1. The summed E-state index contributed by atoms with van der Waals surface area (Å²) in [5.41, 5.74) is 0.0924. The Labute approximate surface area is 100.0 Å². The molecule has 1 aliphatic heterocycles. The molecule has 4 nitrogen and oxygen atoms in total. The van der Waals surface area contributed by atoms with Crippen LogP contribution in [0.3, 0.4) is 0 Å². The van der Waals surface area contributed by atoms with Gasteiger partial charge in [0.05, 0.1) is 0 Å². The maximum absolute atomic E-state index is 12.2. The van der Waals surface area contributed by atoms with Gasteiger partial charge in [0.2, 0.25) is 5.91 Å². The summed E-state index contributed by atoms with van der Waals surface area (Å²) >= 11 is 0. The van der Waals surface area contributed by atoms with Crippen molar-refractivity contribution in [3.05, 3.63) is 35.9 Å². The van der Waals surface area contributed by atoms with Crippen molar-refractivity contribution in [3.63, 3.8) is 0 Å². The fourth-order valence-electron chi connectivity index (χ4n) is 2.20. The molecule has 1 fully saturated rings. The number of cyclic esters (lactones) is 1. The summed E-state index contributed by atoms with van der Waals surface area (Å²) in [4.78, 5) is 23.2. The summed E-state index contributed by atoms with van der Waals surface area (Å²) in [6, 6.07) is 9.42. The van der Waals surface area contributed by atoms with E-state index in [4.69, 9.17) is 4.74 Å². The lowest BCUT2D eigenvalue weighted by Gasteiger charge is -2.38. The third kappa shape index (κ3) is 1.79. The summed E-state index contributed by atoms with van der Waals surface area (Å²) in [6.45, 7) is 4.00. The Kier molecular flexibility index (Phi) is 2.88. The Morgan fingerprint density at radius 3 is 2.41 bits per heavy atom. The smallest absolute Gasteiger partial charge is 0.413 e. The predicted octanol–water partition coefficient (Wildman–Crippen LogP) is 1.85. The van der Waals surface area contributed by atoms with E-state index in [1.807, 2.05) is 44.2 Å². The summed E-state index contributed by atoms with van der Waals surface area (Å²) in [7, 11) is 0. The fraction of sp³-hybridized carbons (Fsp3) is 0.385. The topological polar surface area (TPSA) is 55.4 Å². The first-order chi connectivity index (χ1) is 8.07. The number of rotatable bonds is 2. The maximum Gasteiger partial charge on any atom is 0.413 e. The van der Waals surface area contributed by atoms with Gasteiger partial charge < -0.3 is 4.74 Å². The minimum Gasteiger partial charge on any atom is -0.448 e. The van der Waals surface area contributed by atoms with Crippen molar-refractivity contribution in [2.45, 2.75) is 19.3 Å². The van der Waals surface area contributed by atoms with E-state index < -0.39 is 11.5 Å². The van der Waals surface area contributed by atoms with E-state index in [-0.39, 0.29) is 18.4 Å². The van der Waals surface area contributed by atoms with Crippen molar-refractivity contribution in [1.29, 1.82) is 0 Å². The number of carbonyl (C=O) groups is 2. The van der Waals surface area contributed by atoms with Gasteiger partial charge in [0.15, 0.2) is 0 Å². The third-order valence-corrected chi connectivity index (χ3v) is 3.33.